The van der Waals surface area contributed by atoms with Crippen LogP contribution < -0.4 is 0 Å². The van der Waals surface area contributed by atoms with Crippen molar-refractivity contribution < 1.29 is 9.18 Å². The third kappa shape index (κ3) is 3.53. The van der Waals surface area contributed by atoms with Crippen molar-refractivity contribution in [3.63, 3.8) is 0 Å². The largest absolute Gasteiger partial charge is 0.299 e. The second kappa shape index (κ2) is 5.55. The number of nitrogens with zero attached hydrogens (tertiary/aromatic N) is 1. The van der Waals surface area contributed by atoms with Gasteiger partial charge in [-0.1, -0.05) is 18.2 Å². The lowest BCUT2D eigenvalue weighted by atomic mass is 10.1. The van der Waals surface area contributed by atoms with E-state index >= 15 is 0 Å². The first-order valence-corrected chi connectivity index (χ1v) is 5.69. The maximum atomic E-state index is 13.3. The summed E-state index contributed by atoms with van der Waals surface area (Å²) in [6.07, 6.45) is 0.418. The Bertz CT molecular complexity index is 354. The van der Waals surface area contributed by atoms with Gasteiger partial charge >= 0.3 is 0 Å². The molecule has 0 bridgehead atoms. The van der Waals surface area contributed by atoms with Crippen molar-refractivity contribution in [3.8, 4) is 0 Å². The summed E-state index contributed by atoms with van der Waals surface area (Å²) in [6.45, 7) is 0. The summed E-state index contributed by atoms with van der Waals surface area (Å²) < 4.78 is 13.4. The third-order valence-corrected chi connectivity index (χ3v) is 2.98. The molecule has 1 rings (SSSR count). The van der Waals surface area contributed by atoms with Gasteiger partial charge in [-0.05, 0) is 32.1 Å². The number of halogens is 2. The molecular weight excluding hydrogens is 308 g/mol. The number of carbonyl (C=O) groups excluding carboxylic acids is 1. The first-order valence-electron chi connectivity index (χ1n) is 4.61. The summed E-state index contributed by atoms with van der Waals surface area (Å²) in [5.74, 6) is -0.248. The van der Waals surface area contributed by atoms with Crippen LogP contribution in [0.25, 0.3) is 0 Å². The summed E-state index contributed by atoms with van der Waals surface area (Å²) >= 11 is 1.76. The Labute approximate surface area is 103 Å². The second-order valence-corrected chi connectivity index (χ2v) is 4.64. The minimum Gasteiger partial charge on any atom is -0.299 e. The van der Waals surface area contributed by atoms with Crippen molar-refractivity contribution in [3.05, 3.63) is 35.6 Å². The first-order chi connectivity index (χ1) is 7.02. The predicted octanol–water partition coefficient (Wildman–Crippen LogP) is 2.26. The summed E-state index contributed by atoms with van der Waals surface area (Å²) in [4.78, 5) is 13.1. The van der Waals surface area contributed by atoms with Crippen LogP contribution in [-0.4, -0.2) is 28.8 Å². The highest BCUT2D eigenvalue weighted by atomic mass is 127. The maximum absolute atomic E-state index is 13.3. The molecule has 0 N–H and O–H groups in total. The molecule has 1 atom stereocenters. The molecule has 0 aliphatic carbocycles. The van der Waals surface area contributed by atoms with Crippen molar-refractivity contribution >= 4 is 26.4 Å². The molecule has 2 nitrogen and oxygen atoms in total. The molecule has 0 amide bonds. The number of carbonyl (C=O) groups is 1. The van der Waals surface area contributed by atoms with Gasteiger partial charge in [-0.3, -0.25) is 9.69 Å². The van der Waals surface area contributed by atoms with Crippen molar-refractivity contribution in [1.82, 2.24) is 4.90 Å². The van der Waals surface area contributed by atoms with Gasteiger partial charge in [0.2, 0.25) is 3.79 Å². The molecule has 0 aliphatic rings. The van der Waals surface area contributed by atoms with E-state index in [1.54, 1.807) is 45.7 Å². The van der Waals surface area contributed by atoms with E-state index in [1.807, 2.05) is 14.1 Å². The van der Waals surface area contributed by atoms with Crippen molar-refractivity contribution in [2.24, 2.45) is 0 Å². The van der Waals surface area contributed by atoms with Gasteiger partial charge in [0, 0.05) is 22.6 Å². The lowest BCUT2D eigenvalue weighted by Crippen LogP contribution is -2.35. The number of rotatable bonds is 4. The van der Waals surface area contributed by atoms with Crippen LogP contribution in [0, 0.1) is 5.82 Å². The quantitative estimate of drug-likeness (QED) is 0.626. The minimum atomic E-state index is -0.262. The summed E-state index contributed by atoms with van der Waals surface area (Å²) in [6, 6.07) is 6.30. The standard InChI is InChI=1S/C11H13FINO/c1-14(2)10(11(13)15)7-8-5-3-4-6-9(8)12/h3-6,10H,7H2,1-2H3/t10-/m0/s1. The highest BCUT2D eigenvalue weighted by molar-refractivity contribution is 14.1. The molecule has 0 aliphatic heterocycles. The van der Waals surface area contributed by atoms with Crippen molar-refractivity contribution in [1.29, 1.82) is 0 Å². The van der Waals surface area contributed by atoms with E-state index in [1.165, 1.54) is 6.07 Å². The Morgan fingerprint density at radius 1 is 1.47 bits per heavy atom. The zero-order chi connectivity index (χ0) is 11.4. The van der Waals surface area contributed by atoms with Crippen LogP contribution in [0.3, 0.4) is 0 Å². The normalized spacial score (nSPS) is 12.9. The molecule has 0 radical (unpaired) electrons. The van der Waals surface area contributed by atoms with Crippen LogP contribution >= 0.6 is 22.6 Å². The summed E-state index contributed by atoms with van der Waals surface area (Å²) in [7, 11) is 3.64. The van der Waals surface area contributed by atoms with Gasteiger partial charge in [-0.2, -0.15) is 0 Å². The molecule has 1 aromatic rings. The molecule has 0 heterocycles. The molecule has 1 aromatic carbocycles. The van der Waals surface area contributed by atoms with Crippen LogP contribution in [-0.2, 0) is 11.2 Å². The van der Waals surface area contributed by atoms with Crippen molar-refractivity contribution in [2.75, 3.05) is 14.1 Å². The van der Waals surface area contributed by atoms with E-state index in [0.717, 1.165) is 0 Å². The van der Waals surface area contributed by atoms with Gasteiger partial charge in [0.15, 0.2) is 0 Å². The lowest BCUT2D eigenvalue weighted by Gasteiger charge is -2.20. The Morgan fingerprint density at radius 3 is 2.53 bits per heavy atom. The van der Waals surface area contributed by atoms with E-state index in [4.69, 9.17) is 0 Å². The molecule has 0 unspecified atom stereocenters. The Hall–Kier alpha value is -0.490. The molecular formula is C11H13FINO. The topological polar surface area (TPSA) is 20.3 Å². The molecule has 0 spiro atoms. The second-order valence-electron chi connectivity index (χ2n) is 3.58. The molecule has 82 valence electrons. The predicted molar refractivity (Wildman–Crippen MR) is 66.6 cm³/mol. The molecule has 0 fully saturated rings. The van der Waals surface area contributed by atoms with Gasteiger partial charge in [0.05, 0.1) is 6.04 Å². The van der Waals surface area contributed by atoms with Crippen LogP contribution in [0.4, 0.5) is 4.39 Å². The Morgan fingerprint density at radius 2 is 2.07 bits per heavy atom. The monoisotopic (exact) mass is 321 g/mol. The molecule has 0 saturated heterocycles. The summed E-state index contributed by atoms with van der Waals surface area (Å²) in [5.41, 5.74) is 0.584. The van der Waals surface area contributed by atoms with Gasteiger partial charge < -0.3 is 0 Å². The van der Waals surface area contributed by atoms with Gasteiger partial charge in [-0.25, -0.2) is 4.39 Å². The fraction of sp³-hybridized carbons (Fsp3) is 0.364. The SMILES string of the molecule is CN(C)[C@@H](Cc1ccccc1F)C(=O)I. The van der Waals surface area contributed by atoms with E-state index < -0.39 is 0 Å². The Balaban J connectivity index is 2.84. The number of benzene rings is 1. The third-order valence-electron chi connectivity index (χ3n) is 2.26. The number of hydrogen-bond acceptors (Lipinski definition) is 2. The summed E-state index contributed by atoms with van der Waals surface area (Å²) in [5, 5.41) is 0. The van der Waals surface area contributed by atoms with Gasteiger partial charge in [0.1, 0.15) is 5.82 Å². The average molecular weight is 321 g/mol. The fourth-order valence-electron chi connectivity index (χ4n) is 1.34. The van der Waals surface area contributed by atoms with Crippen LogP contribution in [0.1, 0.15) is 5.56 Å². The van der Waals surface area contributed by atoms with Crippen molar-refractivity contribution in [2.45, 2.75) is 12.5 Å². The van der Waals surface area contributed by atoms with Crippen LogP contribution in [0.15, 0.2) is 24.3 Å². The smallest absolute Gasteiger partial charge is 0.209 e. The maximum Gasteiger partial charge on any atom is 0.209 e. The van der Waals surface area contributed by atoms with Gasteiger partial charge in [-0.15, -0.1) is 0 Å². The highest BCUT2D eigenvalue weighted by Gasteiger charge is 2.19. The van der Waals surface area contributed by atoms with Crippen LogP contribution in [0.2, 0.25) is 0 Å². The first kappa shape index (κ1) is 12.6. The van der Waals surface area contributed by atoms with E-state index in [2.05, 4.69) is 0 Å². The van der Waals surface area contributed by atoms with Gasteiger partial charge in [0.25, 0.3) is 0 Å². The lowest BCUT2D eigenvalue weighted by molar-refractivity contribution is -0.113. The number of likely N-dealkylation sites (N-methyl/N-ethyl adjacent to an activating group) is 1. The highest BCUT2D eigenvalue weighted by Crippen LogP contribution is 2.13. The molecule has 4 heteroatoms. The molecule has 0 aromatic heterocycles. The average Bonchev–Trinajstić information content (AvgIpc) is 2.15. The fourth-order valence-corrected chi connectivity index (χ4v) is 2.12. The zero-order valence-electron chi connectivity index (χ0n) is 8.71. The van der Waals surface area contributed by atoms with E-state index in [-0.39, 0.29) is 15.6 Å². The van der Waals surface area contributed by atoms with Crippen LogP contribution in [0.5, 0.6) is 0 Å². The van der Waals surface area contributed by atoms with E-state index in [0.29, 0.717) is 12.0 Å². The molecule has 0 saturated carbocycles. The number of hydrogen-bond donors (Lipinski definition) is 0. The van der Waals surface area contributed by atoms with E-state index in [9.17, 15) is 9.18 Å². The minimum absolute atomic E-state index is 0.0286. The Kier molecular flexibility index (Phi) is 4.66. The molecule has 15 heavy (non-hydrogen) atoms. The zero-order valence-corrected chi connectivity index (χ0v) is 10.9.